The Balaban J connectivity index is 1.40. The molecule has 0 saturated heterocycles. The molecule has 0 fully saturated rings. The zero-order valence-corrected chi connectivity index (χ0v) is 18.0. The van der Waals surface area contributed by atoms with E-state index in [1.165, 1.54) is 11.3 Å². The fourth-order valence-corrected chi connectivity index (χ4v) is 5.08. The maximum atomic E-state index is 13.2. The van der Waals surface area contributed by atoms with Crippen LogP contribution in [0.25, 0.3) is 33.0 Å². The van der Waals surface area contributed by atoms with E-state index in [9.17, 15) is 4.79 Å². The molecule has 3 heterocycles. The quantitative estimate of drug-likeness (QED) is 0.399. The lowest BCUT2D eigenvalue weighted by atomic mass is 10.2. The van der Waals surface area contributed by atoms with Crippen LogP contribution in [0.5, 0.6) is 5.75 Å². The summed E-state index contributed by atoms with van der Waals surface area (Å²) in [4.78, 5) is 18.5. The molecule has 0 amide bonds. The second kappa shape index (κ2) is 7.66. The van der Waals surface area contributed by atoms with Crippen molar-refractivity contribution in [2.24, 2.45) is 0 Å². The molecule has 0 aliphatic heterocycles. The minimum absolute atomic E-state index is 0.0251. The summed E-state index contributed by atoms with van der Waals surface area (Å²) in [6.45, 7) is 1.28. The van der Waals surface area contributed by atoms with Crippen molar-refractivity contribution >= 4 is 44.3 Å². The van der Waals surface area contributed by atoms with Crippen LogP contribution in [-0.4, -0.2) is 20.6 Å². The minimum atomic E-state index is -0.0251. The number of nitrogens with zero attached hydrogens (tertiary/aromatic N) is 3. The number of rotatable bonds is 5. The molecule has 0 aliphatic carbocycles. The predicted octanol–water partition coefficient (Wildman–Crippen LogP) is 4.49. The molecule has 6 rings (SSSR count). The number of thiazole rings is 1. The molecule has 0 atom stereocenters. The highest BCUT2D eigenvalue weighted by Gasteiger charge is 2.12. The maximum absolute atomic E-state index is 13.2. The SMILES string of the molecule is O=c1c(=Cc2cn(CCOc3ccccc3)c3ccccc23)sc2nc3ccccc3n12. The summed E-state index contributed by atoms with van der Waals surface area (Å²) in [7, 11) is 0. The molecule has 6 aromatic rings. The second-order valence-electron chi connectivity index (χ2n) is 7.59. The molecule has 3 aromatic heterocycles. The van der Waals surface area contributed by atoms with Crippen molar-refractivity contribution in [1.29, 1.82) is 0 Å². The monoisotopic (exact) mass is 437 g/mol. The van der Waals surface area contributed by atoms with E-state index in [2.05, 4.69) is 27.9 Å². The number of para-hydroxylation sites is 4. The molecule has 0 aliphatic rings. The fraction of sp³-hybridized carbons (Fsp3) is 0.0769. The van der Waals surface area contributed by atoms with Gasteiger partial charge in [0.15, 0.2) is 4.96 Å². The number of hydrogen-bond donors (Lipinski definition) is 0. The van der Waals surface area contributed by atoms with Crippen LogP contribution in [-0.2, 0) is 6.54 Å². The molecule has 0 N–H and O–H groups in total. The third kappa shape index (κ3) is 3.16. The van der Waals surface area contributed by atoms with Crippen molar-refractivity contribution < 1.29 is 4.74 Å². The zero-order valence-electron chi connectivity index (χ0n) is 17.1. The Kier molecular flexibility index (Phi) is 4.51. The van der Waals surface area contributed by atoms with Gasteiger partial charge in [-0.2, -0.15) is 0 Å². The van der Waals surface area contributed by atoms with Gasteiger partial charge in [-0.05, 0) is 36.4 Å². The lowest BCUT2D eigenvalue weighted by Gasteiger charge is -2.08. The van der Waals surface area contributed by atoms with Crippen LogP contribution < -0.4 is 14.8 Å². The van der Waals surface area contributed by atoms with Crippen LogP contribution >= 0.6 is 11.3 Å². The predicted molar refractivity (Wildman–Crippen MR) is 130 cm³/mol. The van der Waals surface area contributed by atoms with E-state index in [-0.39, 0.29) is 5.56 Å². The van der Waals surface area contributed by atoms with Gasteiger partial charge in [-0.25, -0.2) is 9.38 Å². The summed E-state index contributed by atoms with van der Waals surface area (Å²) >= 11 is 1.43. The largest absolute Gasteiger partial charge is 0.492 e. The van der Waals surface area contributed by atoms with E-state index in [1.54, 1.807) is 4.40 Å². The zero-order chi connectivity index (χ0) is 21.5. The molecule has 5 nitrogen and oxygen atoms in total. The first kappa shape index (κ1) is 18.8. The van der Waals surface area contributed by atoms with Crippen LogP contribution in [0.4, 0.5) is 0 Å². The highest BCUT2D eigenvalue weighted by Crippen LogP contribution is 2.23. The highest BCUT2D eigenvalue weighted by atomic mass is 32.1. The molecule has 3 aromatic carbocycles. The number of ether oxygens (including phenoxy) is 1. The van der Waals surface area contributed by atoms with Crippen molar-refractivity contribution in [3.8, 4) is 5.75 Å². The summed E-state index contributed by atoms with van der Waals surface area (Å²) in [6.07, 6.45) is 4.08. The Bertz CT molecular complexity index is 1680. The van der Waals surface area contributed by atoms with Gasteiger partial charge in [0.05, 0.1) is 22.1 Å². The van der Waals surface area contributed by atoms with Gasteiger partial charge >= 0.3 is 0 Å². The number of fused-ring (bicyclic) bond motifs is 4. The molecule has 0 bridgehead atoms. The van der Waals surface area contributed by atoms with Crippen LogP contribution in [0, 0.1) is 0 Å². The molecule has 156 valence electrons. The van der Waals surface area contributed by atoms with Gasteiger partial charge in [0.2, 0.25) is 0 Å². The number of benzene rings is 3. The van der Waals surface area contributed by atoms with Gasteiger partial charge in [-0.1, -0.05) is 59.9 Å². The van der Waals surface area contributed by atoms with Crippen LogP contribution in [0.2, 0.25) is 0 Å². The Morgan fingerprint density at radius 3 is 2.53 bits per heavy atom. The minimum Gasteiger partial charge on any atom is -0.492 e. The van der Waals surface area contributed by atoms with E-state index in [0.29, 0.717) is 17.7 Å². The molecular weight excluding hydrogens is 418 g/mol. The van der Waals surface area contributed by atoms with Gasteiger partial charge in [0, 0.05) is 22.7 Å². The summed E-state index contributed by atoms with van der Waals surface area (Å²) in [5.41, 5.74) is 3.81. The molecule has 0 unspecified atom stereocenters. The number of hydrogen-bond acceptors (Lipinski definition) is 4. The van der Waals surface area contributed by atoms with Gasteiger partial charge in [-0.3, -0.25) is 4.79 Å². The Morgan fingerprint density at radius 1 is 0.906 bits per heavy atom. The van der Waals surface area contributed by atoms with Gasteiger partial charge in [-0.15, -0.1) is 0 Å². The first-order valence-corrected chi connectivity index (χ1v) is 11.3. The van der Waals surface area contributed by atoms with E-state index in [1.807, 2.05) is 72.8 Å². The van der Waals surface area contributed by atoms with Crippen molar-refractivity contribution in [3.05, 3.63) is 106 Å². The fourth-order valence-electron chi connectivity index (χ4n) is 4.11. The summed E-state index contributed by atoms with van der Waals surface area (Å²) in [6, 6.07) is 25.8. The Morgan fingerprint density at radius 2 is 1.66 bits per heavy atom. The van der Waals surface area contributed by atoms with Crippen LogP contribution in [0.3, 0.4) is 0 Å². The smallest absolute Gasteiger partial charge is 0.274 e. The summed E-state index contributed by atoms with van der Waals surface area (Å²) in [5, 5.41) is 1.11. The maximum Gasteiger partial charge on any atom is 0.274 e. The Labute approximate surface area is 187 Å². The molecular formula is C26H19N3O2S. The first-order chi connectivity index (χ1) is 15.8. The average Bonchev–Trinajstić information content (AvgIpc) is 3.46. The topological polar surface area (TPSA) is 48.5 Å². The van der Waals surface area contributed by atoms with E-state index >= 15 is 0 Å². The molecule has 6 heteroatoms. The van der Waals surface area contributed by atoms with Gasteiger partial charge in [0.25, 0.3) is 5.56 Å². The molecule has 0 saturated carbocycles. The molecule has 32 heavy (non-hydrogen) atoms. The van der Waals surface area contributed by atoms with Crippen molar-refractivity contribution in [3.63, 3.8) is 0 Å². The van der Waals surface area contributed by atoms with E-state index in [4.69, 9.17) is 4.74 Å². The third-order valence-electron chi connectivity index (χ3n) is 5.60. The lowest BCUT2D eigenvalue weighted by Crippen LogP contribution is -2.22. The van der Waals surface area contributed by atoms with Gasteiger partial charge < -0.3 is 9.30 Å². The van der Waals surface area contributed by atoms with E-state index in [0.717, 1.165) is 38.2 Å². The molecule has 0 radical (unpaired) electrons. The standard InChI is InChI=1S/C26H19N3O2S/c30-25-24(32-26-27-21-11-5-7-13-23(21)29(25)26)16-18-17-28(22-12-6-4-10-20(18)22)14-15-31-19-8-2-1-3-9-19/h1-13,16-17H,14-15H2. The molecule has 0 spiro atoms. The lowest BCUT2D eigenvalue weighted by molar-refractivity contribution is 0.300. The van der Waals surface area contributed by atoms with Crippen molar-refractivity contribution in [2.45, 2.75) is 6.54 Å². The number of aromatic nitrogens is 3. The van der Waals surface area contributed by atoms with Crippen molar-refractivity contribution in [1.82, 2.24) is 14.0 Å². The van der Waals surface area contributed by atoms with Crippen molar-refractivity contribution in [2.75, 3.05) is 6.61 Å². The first-order valence-electron chi connectivity index (χ1n) is 10.5. The van der Waals surface area contributed by atoms with Crippen LogP contribution in [0.15, 0.2) is 89.9 Å². The third-order valence-corrected chi connectivity index (χ3v) is 6.56. The normalized spacial score (nSPS) is 12.3. The van der Waals surface area contributed by atoms with Crippen LogP contribution in [0.1, 0.15) is 5.56 Å². The van der Waals surface area contributed by atoms with Gasteiger partial charge in [0.1, 0.15) is 12.4 Å². The highest BCUT2D eigenvalue weighted by molar-refractivity contribution is 7.15. The number of imidazole rings is 1. The summed E-state index contributed by atoms with van der Waals surface area (Å²) in [5.74, 6) is 0.862. The second-order valence-corrected chi connectivity index (χ2v) is 8.60. The summed E-state index contributed by atoms with van der Waals surface area (Å²) < 4.78 is 10.5. The Hall–Kier alpha value is -3.90. The average molecular weight is 438 g/mol. The van der Waals surface area contributed by atoms with E-state index < -0.39 is 0 Å².